The third-order valence-electron chi connectivity index (χ3n) is 7.22. The molecule has 3 heterocycles. The summed E-state index contributed by atoms with van der Waals surface area (Å²) in [6.45, 7) is 4.04. The number of amides is 2. The minimum Gasteiger partial charge on any atom is -0.444 e. The van der Waals surface area contributed by atoms with Crippen LogP contribution in [0.25, 0.3) is 11.6 Å². The predicted octanol–water partition coefficient (Wildman–Crippen LogP) is 8.06. The third-order valence-corrected chi connectivity index (χ3v) is 7.22. The van der Waals surface area contributed by atoms with Gasteiger partial charge in [-0.25, -0.2) is 9.78 Å². The van der Waals surface area contributed by atoms with E-state index in [-0.39, 0.29) is 19.4 Å². The first-order valence-electron chi connectivity index (χ1n) is 15.0. The normalized spacial score (nSPS) is 19.0. The zero-order valence-corrected chi connectivity index (χ0v) is 26.7. The predicted molar refractivity (Wildman–Crippen MR) is 161 cm³/mol. The molecule has 260 valence electrons. The van der Waals surface area contributed by atoms with Crippen LogP contribution in [0.1, 0.15) is 80.4 Å². The number of nitrogens with one attached hydrogen (secondary N) is 1. The molecule has 0 aliphatic carbocycles. The number of aromatic nitrogens is 3. The van der Waals surface area contributed by atoms with Crippen molar-refractivity contribution < 1.29 is 49.8 Å². The number of carbonyl (C=O) groups excluding carboxylic acids is 2. The van der Waals surface area contributed by atoms with Crippen LogP contribution in [-0.2, 0) is 27.9 Å². The monoisotopic (exact) mass is 683 g/mol. The fourth-order valence-electron chi connectivity index (χ4n) is 4.84. The molecule has 1 aromatic carbocycles. The molecule has 10 nitrogen and oxygen atoms in total. The molecule has 2 amide bonds. The van der Waals surface area contributed by atoms with Crippen LogP contribution in [-0.4, -0.2) is 57.5 Å². The topological polar surface area (TPSA) is 120 Å². The van der Waals surface area contributed by atoms with E-state index in [0.717, 1.165) is 4.90 Å². The van der Waals surface area contributed by atoms with Crippen LogP contribution in [0, 0.1) is 0 Å². The van der Waals surface area contributed by atoms with Crippen molar-refractivity contribution in [3.05, 3.63) is 71.3 Å². The number of anilines is 1. The number of fused-ring (bicyclic) bond motifs is 5. The van der Waals surface area contributed by atoms with Crippen LogP contribution < -0.4 is 5.32 Å². The molecule has 2 aromatic heterocycles. The fourth-order valence-corrected chi connectivity index (χ4v) is 4.84. The van der Waals surface area contributed by atoms with Gasteiger partial charge in [-0.05, 0) is 64.5 Å². The summed E-state index contributed by atoms with van der Waals surface area (Å²) in [5.74, 6) is -2.97. The summed E-state index contributed by atoms with van der Waals surface area (Å²) in [7, 11) is 1.28. The van der Waals surface area contributed by atoms with Crippen LogP contribution in [0.3, 0.4) is 0 Å². The first-order valence-corrected chi connectivity index (χ1v) is 15.0. The molecule has 16 heteroatoms. The standard InChI is InChI=1S/C32H35F6N5O5/c1-29(2,3)48-28(45)39-22-18-21(31(33,34)35)23-26(44)43(4)17-13-8-6-5-7-12-16-30(32(36,37)38,46-19-20-14-10-9-11-15-20)27-42-41-25(47-27)24(22)40-23/h6,8-11,14-15,18H,5,7,12-13,16-17,19H2,1-4H3,(H,39,45)/b8-6+. The Morgan fingerprint density at radius 1 is 1.00 bits per heavy atom. The second-order valence-corrected chi connectivity index (χ2v) is 12.1. The number of alkyl halides is 6. The van der Waals surface area contributed by atoms with Crippen molar-refractivity contribution in [1.82, 2.24) is 20.1 Å². The van der Waals surface area contributed by atoms with E-state index in [0.29, 0.717) is 24.5 Å². The molecule has 0 saturated heterocycles. The van der Waals surface area contributed by atoms with E-state index < -0.39 is 83.0 Å². The van der Waals surface area contributed by atoms with Gasteiger partial charge in [0.25, 0.3) is 17.7 Å². The van der Waals surface area contributed by atoms with Gasteiger partial charge in [-0.2, -0.15) is 26.3 Å². The van der Waals surface area contributed by atoms with Crippen molar-refractivity contribution in [2.24, 2.45) is 0 Å². The molecule has 48 heavy (non-hydrogen) atoms. The van der Waals surface area contributed by atoms with Crippen molar-refractivity contribution in [1.29, 1.82) is 0 Å². The molecular weight excluding hydrogens is 648 g/mol. The molecule has 1 aliphatic heterocycles. The molecular formula is C32H35F6N5O5. The van der Waals surface area contributed by atoms with E-state index in [4.69, 9.17) is 13.9 Å². The highest BCUT2D eigenvalue weighted by molar-refractivity contribution is 5.97. The van der Waals surface area contributed by atoms with Crippen LogP contribution in [0.5, 0.6) is 0 Å². The first kappa shape index (κ1) is 36.4. The Kier molecular flexibility index (Phi) is 10.9. The zero-order chi connectivity index (χ0) is 35.3. The molecule has 3 aromatic rings. The Labute approximate surface area is 272 Å². The van der Waals surface area contributed by atoms with Gasteiger partial charge in [0, 0.05) is 13.6 Å². The Morgan fingerprint density at radius 2 is 1.69 bits per heavy atom. The van der Waals surface area contributed by atoms with Gasteiger partial charge in [-0.15, -0.1) is 10.2 Å². The number of carbonyl (C=O) groups is 2. The lowest BCUT2D eigenvalue weighted by Crippen LogP contribution is -2.45. The van der Waals surface area contributed by atoms with E-state index in [2.05, 4.69) is 20.5 Å². The van der Waals surface area contributed by atoms with Crippen molar-refractivity contribution in [2.45, 2.75) is 83.0 Å². The Bertz CT molecular complexity index is 1620. The van der Waals surface area contributed by atoms with Gasteiger partial charge in [0.05, 0.1) is 17.9 Å². The Hall–Kier alpha value is -4.47. The molecule has 4 bridgehead atoms. The average molecular weight is 684 g/mol. The Morgan fingerprint density at radius 3 is 2.33 bits per heavy atom. The van der Waals surface area contributed by atoms with Gasteiger partial charge < -0.3 is 18.8 Å². The summed E-state index contributed by atoms with van der Waals surface area (Å²) >= 11 is 0. The smallest absolute Gasteiger partial charge is 0.426 e. The van der Waals surface area contributed by atoms with Crippen molar-refractivity contribution in [3.63, 3.8) is 0 Å². The molecule has 1 N–H and O–H groups in total. The molecule has 4 rings (SSSR count). The summed E-state index contributed by atoms with van der Waals surface area (Å²) in [4.78, 5) is 31.0. The zero-order valence-electron chi connectivity index (χ0n) is 26.7. The molecule has 0 spiro atoms. The van der Waals surface area contributed by atoms with E-state index in [1.165, 1.54) is 27.8 Å². The highest BCUT2D eigenvalue weighted by Crippen LogP contribution is 2.47. The minimum absolute atomic E-state index is 0.0107. The van der Waals surface area contributed by atoms with Crippen molar-refractivity contribution >= 4 is 17.7 Å². The summed E-state index contributed by atoms with van der Waals surface area (Å²) in [5, 5.41) is 9.50. The number of nitrogens with zero attached hydrogens (tertiary/aromatic N) is 4. The lowest BCUT2D eigenvalue weighted by Gasteiger charge is -2.32. The molecule has 0 fully saturated rings. The van der Waals surface area contributed by atoms with E-state index in [1.807, 2.05) is 0 Å². The maximum absolute atomic E-state index is 15.1. The van der Waals surface area contributed by atoms with Crippen LogP contribution in [0.2, 0.25) is 0 Å². The highest BCUT2D eigenvalue weighted by atomic mass is 19.4. The van der Waals surface area contributed by atoms with Gasteiger partial charge >= 0.3 is 18.4 Å². The van der Waals surface area contributed by atoms with Gasteiger partial charge in [0.1, 0.15) is 11.3 Å². The van der Waals surface area contributed by atoms with Crippen LogP contribution in [0.15, 0.2) is 53.0 Å². The van der Waals surface area contributed by atoms with Gasteiger partial charge in [-0.3, -0.25) is 10.1 Å². The molecule has 1 unspecified atom stereocenters. The number of pyridine rings is 1. The molecule has 1 aliphatic rings. The second-order valence-electron chi connectivity index (χ2n) is 12.1. The summed E-state index contributed by atoms with van der Waals surface area (Å²) in [6, 6.07) is 8.51. The summed E-state index contributed by atoms with van der Waals surface area (Å²) < 4.78 is 105. The first-order chi connectivity index (χ1) is 22.4. The highest BCUT2D eigenvalue weighted by Gasteiger charge is 2.61. The average Bonchev–Trinajstić information content (AvgIpc) is 3.48. The van der Waals surface area contributed by atoms with Crippen LogP contribution in [0.4, 0.5) is 36.8 Å². The molecule has 0 radical (unpaired) electrons. The van der Waals surface area contributed by atoms with Gasteiger partial charge in [-0.1, -0.05) is 42.5 Å². The Balaban J connectivity index is 1.94. The lowest BCUT2D eigenvalue weighted by molar-refractivity contribution is -0.300. The second kappa shape index (κ2) is 14.3. The maximum Gasteiger partial charge on any atom is 0.426 e. The van der Waals surface area contributed by atoms with Crippen molar-refractivity contribution in [3.8, 4) is 11.6 Å². The number of rotatable bonds is 4. The number of benzene rings is 1. The summed E-state index contributed by atoms with van der Waals surface area (Å²) in [5.41, 5.74) is -7.78. The van der Waals surface area contributed by atoms with E-state index >= 15 is 13.2 Å². The quantitative estimate of drug-likeness (QED) is 0.217. The largest absolute Gasteiger partial charge is 0.444 e. The van der Waals surface area contributed by atoms with E-state index in [9.17, 15) is 22.8 Å². The minimum atomic E-state index is -5.14. The van der Waals surface area contributed by atoms with Gasteiger partial charge in [0.2, 0.25) is 5.60 Å². The number of ether oxygens (including phenoxy) is 2. The fraction of sp³-hybridized carbons (Fsp3) is 0.469. The summed E-state index contributed by atoms with van der Waals surface area (Å²) in [6.07, 6.45) is -7.69. The van der Waals surface area contributed by atoms with Gasteiger partial charge in [0.15, 0.2) is 5.69 Å². The SMILES string of the molecule is CN1CC/C=C/CCCCC(OCc2ccccc2)(C(F)(F)F)c2nnc(o2)-c2nc(c(C(F)(F)F)cc2NC(=O)OC(C)(C)C)C1=O. The molecule has 0 saturated carbocycles. The third kappa shape index (κ3) is 8.70. The van der Waals surface area contributed by atoms with E-state index in [1.54, 1.807) is 42.5 Å². The maximum atomic E-state index is 15.1. The lowest BCUT2D eigenvalue weighted by atomic mass is 9.94. The number of allylic oxidation sites excluding steroid dienone is 1. The van der Waals surface area contributed by atoms with Crippen LogP contribution >= 0.6 is 0 Å². The number of halogens is 6. The van der Waals surface area contributed by atoms with Crippen molar-refractivity contribution in [2.75, 3.05) is 18.9 Å². The number of hydrogen-bond donors (Lipinski definition) is 1. The molecule has 1 atom stereocenters. The number of hydrogen-bond acceptors (Lipinski definition) is 8.